The third kappa shape index (κ3) is 4.93. The van der Waals surface area contributed by atoms with Gasteiger partial charge in [0.05, 0.1) is 6.04 Å². The van der Waals surface area contributed by atoms with Crippen LogP contribution in [0.5, 0.6) is 0 Å². The minimum absolute atomic E-state index is 0.0273. The number of unbranched alkanes of at least 4 members (excludes halogenated alkanes) is 1. The van der Waals surface area contributed by atoms with Crippen molar-refractivity contribution in [1.82, 2.24) is 30.9 Å². The molecule has 0 unspecified atom stereocenters. The number of hydrogen-bond acceptors (Lipinski definition) is 7. The van der Waals surface area contributed by atoms with Crippen LogP contribution in [0.15, 0.2) is 71.1 Å². The Morgan fingerprint density at radius 2 is 1.86 bits per heavy atom. The molecule has 2 aromatic heterocycles. The van der Waals surface area contributed by atoms with Gasteiger partial charge in [0.2, 0.25) is 5.82 Å². The second-order valence-corrected chi connectivity index (χ2v) is 8.88. The van der Waals surface area contributed by atoms with Gasteiger partial charge in [-0.2, -0.15) is 10.2 Å². The van der Waals surface area contributed by atoms with Gasteiger partial charge < -0.3 is 14.6 Å². The highest BCUT2D eigenvalue weighted by molar-refractivity contribution is 5.97. The van der Waals surface area contributed by atoms with Crippen molar-refractivity contribution in [3.8, 4) is 22.5 Å². The summed E-state index contributed by atoms with van der Waals surface area (Å²) in [5.41, 5.74) is 6.05. The van der Waals surface area contributed by atoms with E-state index in [1.165, 1.54) is 0 Å². The molecule has 0 bridgehead atoms. The van der Waals surface area contributed by atoms with Crippen LogP contribution in [0, 0.1) is 0 Å². The van der Waals surface area contributed by atoms with E-state index in [1.54, 1.807) is 25.2 Å². The van der Waals surface area contributed by atoms with Crippen LogP contribution in [0.4, 0.5) is 6.01 Å². The summed E-state index contributed by atoms with van der Waals surface area (Å²) < 4.78 is 6.15. The van der Waals surface area contributed by atoms with E-state index < -0.39 is 0 Å². The fourth-order valence-corrected chi connectivity index (χ4v) is 4.43. The predicted octanol–water partition coefficient (Wildman–Crippen LogP) is 5.40. The molecule has 0 aliphatic carbocycles. The molecule has 0 radical (unpaired) electrons. The average Bonchev–Trinajstić information content (AvgIpc) is 3.63. The quantitative estimate of drug-likeness (QED) is 0.281. The maximum atomic E-state index is 12.1. The molecule has 0 spiro atoms. The second-order valence-electron chi connectivity index (χ2n) is 8.88. The SMILES string of the molecule is CCCCN(c1nc2cc(C(=O)NC)ccc2o1)[C@H](C)c1ccc(-c2ccccc2-c2nn[nH]n2)cc1. The first-order valence-electron chi connectivity index (χ1n) is 12.4. The number of hydrogen-bond donors (Lipinski definition) is 2. The van der Waals surface area contributed by atoms with Gasteiger partial charge in [0.15, 0.2) is 5.58 Å². The topological polar surface area (TPSA) is 113 Å². The minimum atomic E-state index is -0.149. The number of aromatic amines is 1. The number of carbonyl (C=O) groups is 1. The molecular weight excluding hydrogens is 466 g/mol. The third-order valence-corrected chi connectivity index (χ3v) is 6.55. The van der Waals surface area contributed by atoms with E-state index in [4.69, 9.17) is 9.40 Å². The molecule has 0 aliphatic heterocycles. The van der Waals surface area contributed by atoms with E-state index in [0.29, 0.717) is 28.5 Å². The number of benzene rings is 3. The highest BCUT2D eigenvalue weighted by Gasteiger charge is 2.22. The molecule has 2 N–H and O–H groups in total. The number of anilines is 1. The monoisotopic (exact) mass is 495 g/mol. The molecule has 0 saturated heterocycles. The van der Waals surface area contributed by atoms with Crippen LogP contribution in [-0.4, -0.2) is 45.1 Å². The Morgan fingerprint density at radius 3 is 2.57 bits per heavy atom. The first-order valence-corrected chi connectivity index (χ1v) is 12.4. The Bertz CT molecular complexity index is 1490. The third-order valence-electron chi connectivity index (χ3n) is 6.55. The molecule has 1 atom stereocenters. The van der Waals surface area contributed by atoms with Crippen LogP contribution >= 0.6 is 0 Å². The lowest BCUT2D eigenvalue weighted by atomic mass is 9.97. The van der Waals surface area contributed by atoms with Gasteiger partial charge in [0, 0.05) is 24.7 Å². The number of aromatic nitrogens is 5. The van der Waals surface area contributed by atoms with E-state index in [1.807, 2.05) is 18.2 Å². The molecule has 0 fully saturated rings. The summed E-state index contributed by atoms with van der Waals surface area (Å²) in [5.74, 6) is 0.415. The normalized spacial score (nSPS) is 12.0. The second kappa shape index (κ2) is 10.6. The lowest BCUT2D eigenvalue weighted by Gasteiger charge is -2.28. The van der Waals surface area contributed by atoms with E-state index in [0.717, 1.165) is 41.6 Å². The molecular formula is C28H29N7O2. The van der Waals surface area contributed by atoms with E-state index >= 15 is 0 Å². The van der Waals surface area contributed by atoms with E-state index in [2.05, 4.69) is 75.0 Å². The van der Waals surface area contributed by atoms with Gasteiger partial charge in [-0.05, 0) is 53.4 Å². The van der Waals surface area contributed by atoms with Crippen molar-refractivity contribution in [3.63, 3.8) is 0 Å². The van der Waals surface area contributed by atoms with Gasteiger partial charge in [-0.25, -0.2) is 0 Å². The standard InChI is InChI=1S/C28H29N7O2/c1-4-5-16-35(28-30-24-17-21(27(36)29-3)14-15-25(24)37-28)18(2)19-10-12-20(13-11-19)22-8-6-7-9-23(22)26-31-33-34-32-26/h6-15,17-18H,4-5,16H2,1-3H3,(H,29,36)(H,31,32,33,34)/t18-/m1/s1. The molecule has 188 valence electrons. The molecule has 3 aromatic carbocycles. The molecule has 37 heavy (non-hydrogen) atoms. The Kier molecular flexibility index (Phi) is 6.93. The zero-order valence-corrected chi connectivity index (χ0v) is 21.1. The number of H-pyrrole nitrogens is 1. The van der Waals surface area contributed by atoms with Gasteiger partial charge in [0.25, 0.3) is 11.9 Å². The number of fused-ring (bicyclic) bond motifs is 1. The Hall–Kier alpha value is -4.53. The highest BCUT2D eigenvalue weighted by Crippen LogP contribution is 2.33. The molecule has 5 aromatic rings. The van der Waals surface area contributed by atoms with Crippen molar-refractivity contribution < 1.29 is 9.21 Å². The average molecular weight is 496 g/mol. The lowest BCUT2D eigenvalue weighted by molar-refractivity contribution is 0.0963. The predicted molar refractivity (Wildman–Crippen MR) is 143 cm³/mol. The van der Waals surface area contributed by atoms with Crippen molar-refractivity contribution in [2.45, 2.75) is 32.7 Å². The maximum absolute atomic E-state index is 12.1. The van der Waals surface area contributed by atoms with Crippen molar-refractivity contribution in [2.75, 3.05) is 18.5 Å². The summed E-state index contributed by atoms with van der Waals surface area (Å²) in [4.78, 5) is 19.0. The van der Waals surface area contributed by atoms with E-state index in [-0.39, 0.29) is 11.9 Å². The number of nitrogens with one attached hydrogen (secondary N) is 2. The fourth-order valence-electron chi connectivity index (χ4n) is 4.43. The van der Waals surface area contributed by atoms with Gasteiger partial charge in [-0.3, -0.25) is 4.79 Å². The van der Waals surface area contributed by atoms with Crippen LogP contribution in [0.2, 0.25) is 0 Å². The van der Waals surface area contributed by atoms with Crippen LogP contribution in [0.3, 0.4) is 0 Å². The summed E-state index contributed by atoms with van der Waals surface area (Å²) in [5, 5.41) is 17.2. The summed E-state index contributed by atoms with van der Waals surface area (Å²) in [6, 6.07) is 22.4. The smallest absolute Gasteiger partial charge is 0.298 e. The number of rotatable bonds is 9. The minimum Gasteiger partial charge on any atom is -0.423 e. The van der Waals surface area contributed by atoms with Gasteiger partial charge in [-0.15, -0.1) is 10.2 Å². The Balaban J connectivity index is 1.44. The molecule has 0 aliphatic rings. The molecule has 9 nitrogen and oxygen atoms in total. The van der Waals surface area contributed by atoms with Crippen molar-refractivity contribution >= 4 is 23.0 Å². The zero-order valence-electron chi connectivity index (χ0n) is 21.1. The molecule has 9 heteroatoms. The molecule has 5 rings (SSSR count). The number of amides is 1. The first-order chi connectivity index (χ1) is 18.1. The van der Waals surface area contributed by atoms with Crippen LogP contribution < -0.4 is 10.2 Å². The summed E-state index contributed by atoms with van der Waals surface area (Å²) in [7, 11) is 1.62. The molecule has 1 amide bonds. The Morgan fingerprint density at radius 1 is 1.08 bits per heavy atom. The van der Waals surface area contributed by atoms with Gasteiger partial charge >= 0.3 is 0 Å². The summed E-state index contributed by atoms with van der Waals surface area (Å²) in [6.45, 7) is 5.12. The van der Waals surface area contributed by atoms with Crippen LogP contribution in [0.1, 0.15) is 48.7 Å². The number of oxazole rings is 1. The number of carbonyl (C=O) groups excluding carboxylic acids is 1. The zero-order chi connectivity index (χ0) is 25.8. The van der Waals surface area contributed by atoms with Crippen molar-refractivity contribution in [1.29, 1.82) is 0 Å². The summed E-state index contributed by atoms with van der Waals surface area (Å²) >= 11 is 0. The van der Waals surface area contributed by atoms with Crippen LogP contribution in [-0.2, 0) is 0 Å². The highest BCUT2D eigenvalue weighted by atomic mass is 16.4. The van der Waals surface area contributed by atoms with Gasteiger partial charge in [-0.1, -0.05) is 61.9 Å². The van der Waals surface area contributed by atoms with Crippen molar-refractivity contribution in [3.05, 3.63) is 77.9 Å². The fraction of sp³-hybridized carbons (Fsp3) is 0.250. The van der Waals surface area contributed by atoms with Crippen LogP contribution in [0.25, 0.3) is 33.6 Å². The summed E-state index contributed by atoms with van der Waals surface area (Å²) in [6.07, 6.45) is 2.05. The number of nitrogens with zero attached hydrogens (tertiary/aromatic N) is 5. The molecule has 2 heterocycles. The van der Waals surface area contributed by atoms with E-state index in [9.17, 15) is 4.79 Å². The lowest BCUT2D eigenvalue weighted by Crippen LogP contribution is -2.28. The number of tetrazole rings is 1. The largest absolute Gasteiger partial charge is 0.423 e. The molecule has 0 saturated carbocycles. The van der Waals surface area contributed by atoms with Crippen molar-refractivity contribution in [2.24, 2.45) is 0 Å². The first kappa shape index (κ1) is 24.2. The van der Waals surface area contributed by atoms with Gasteiger partial charge in [0.1, 0.15) is 5.52 Å². The maximum Gasteiger partial charge on any atom is 0.298 e. The Labute approximate surface area is 214 Å².